The minimum atomic E-state index is 0.621. The van der Waals surface area contributed by atoms with Crippen molar-refractivity contribution in [3.05, 3.63) is 107 Å². The second kappa shape index (κ2) is 21.4. The molecule has 0 spiro atoms. The van der Waals surface area contributed by atoms with Crippen molar-refractivity contribution in [2.24, 2.45) is 0 Å². The molecule has 298 valence electrons. The number of nitrogens with zero attached hydrogens (tertiary/aromatic N) is 4. The Hall–Kier alpha value is -2.92. The second-order valence-electron chi connectivity index (χ2n) is 17.9. The quantitative estimate of drug-likeness (QED) is 0.217. The fraction of sp³-hybridized carbons (Fsp3) is 0.600. The van der Waals surface area contributed by atoms with E-state index in [4.69, 9.17) is 0 Å². The van der Waals surface area contributed by atoms with Gasteiger partial charge < -0.3 is 9.80 Å². The molecule has 0 aromatic heterocycles. The summed E-state index contributed by atoms with van der Waals surface area (Å²) >= 11 is 0. The van der Waals surface area contributed by atoms with Crippen molar-refractivity contribution < 1.29 is 0 Å². The van der Waals surface area contributed by atoms with E-state index in [0.717, 1.165) is 25.6 Å². The Morgan fingerprint density at radius 1 is 0.444 bits per heavy atom. The minimum absolute atomic E-state index is 0.621. The van der Waals surface area contributed by atoms with Gasteiger partial charge in [-0.05, 0) is 143 Å². The van der Waals surface area contributed by atoms with Crippen LogP contribution < -0.4 is 4.90 Å². The number of hydrogen-bond donors (Lipinski definition) is 0. The minimum Gasteiger partial charge on any atom is -0.369 e. The van der Waals surface area contributed by atoms with Crippen molar-refractivity contribution >= 4 is 11.3 Å². The standard InChI is InChI=1S/C17H27N.C17H25N.C16H26N2/c2*1-13(2)15-5-7-16(8-6-15)17-9-11-18(12-10-17)14(3)4;1-13(2)15-5-7-16(8-6-15)18-11-9-17(10-12-18)14(3)4/h5-8,13-14,17H,9-12H2,1-4H3;5-9,13-14H,10-12H2,1-4H3;5-8,13-14H,9-12H2,1-4H3. The number of rotatable bonds is 9. The molecule has 3 aromatic rings. The van der Waals surface area contributed by atoms with Gasteiger partial charge in [0.1, 0.15) is 0 Å². The Labute approximate surface area is 333 Å². The van der Waals surface area contributed by atoms with Gasteiger partial charge in [0, 0.05) is 63.1 Å². The monoisotopic (exact) mass is 735 g/mol. The lowest BCUT2D eigenvalue weighted by atomic mass is 9.88. The van der Waals surface area contributed by atoms with Gasteiger partial charge in [-0.2, -0.15) is 0 Å². The number of likely N-dealkylation sites (tertiary alicyclic amines) is 1. The van der Waals surface area contributed by atoms with Crippen molar-refractivity contribution in [1.82, 2.24) is 14.7 Å². The lowest BCUT2D eigenvalue weighted by molar-refractivity contribution is 0.172. The van der Waals surface area contributed by atoms with Crippen LogP contribution in [0.1, 0.15) is 154 Å². The van der Waals surface area contributed by atoms with Crippen LogP contribution in [0.5, 0.6) is 0 Å². The van der Waals surface area contributed by atoms with Gasteiger partial charge in [0.05, 0.1) is 0 Å². The fourth-order valence-electron chi connectivity index (χ4n) is 7.97. The van der Waals surface area contributed by atoms with Gasteiger partial charge in [-0.3, -0.25) is 9.80 Å². The third-order valence-electron chi connectivity index (χ3n) is 12.2. The molecule has 4 nitrogen and oxygen atoms in total. The van der Waals surface area contributed by atoms with E-state index in [1.165, 1.54) is 85.5 Å². The third kappa shape index (κ3) is 13.1. The lowest BCUT2D eigenvalue weighted by Crippen LogP contribution is -2.48. The van der Waals surface area contributed by atoms with Crippen molar-refractivity contribution in [2.75, 3.05) is 57.3 Å². The van der Waals surface area contributed by atoms with E-state index in [2.05, 4.69) is 182 Å². The molecule has 0 bridgehead atoms. The van der Waals surface area contributed by atoms with Crippen molar-refractivity contribution in [3.63, 3.8) is 0 Å². The number of piperidine rings is 1. The molecular formula is C50H78N4. The van der Waals surface area contributed by atoms with Crippen LogP contribution in [-0.2, 0) is 0 Å². The van der Waals surface area contributed by atoms with Crippen molar-refractivity contribution in [1.29, 1.82) is 0 Å². The van der Waals surface area contributed by atoms with Gasteiger partial charge in [-0.1, -0.05) is 108 Å². The first-order valence-electron chi connectivity index (χ1n) is 21.7. The average molecular weight is 735 g/mol. The predicted molar refractivity (Wildman–Crippen MR) is 239 cm³/mol. The molecule has 2 fully saturated rings. The Morgan fingerprint density at radius 2 is 0.870 bits per heavy atom. The third-order valence-corrected chi connectivity index (χ3v) is 12.2. The van der Waals surface area contributed by atoms with Gasteiger partial charge >= 0.3 is 0 Å². The number of hydrogen-bond acceptors (Lipinski definition) is 4. The molecule has 3 heterocycles. The van der Waals surface area contributed by atoms with E-state index < -0.39 is 0 Å². The average Bonchev–Trinajstić information content (AvgIpc) is 3.18. The van der Waals surface area contributed by atoms with E-state index in [1.807, 2.05) is 0 Å². The molecule has 6 rings (SSSR count). The summed E-state index contributed by atoms with van der Waals surface area (Å²) in [5.41, 5.74) is 10.2. The molecule has 0 saturated carbocycles. The summed E-state index contributed by atoms with van der Waals surface area (Å²) in [6, 6.07) is 29.6. The Bertz CT molecular complexity index is 1420. The normalized spacial score (nSPS) is 18.0. The summed E-state index contributed by atoms with van der Waals surface area (Å²) in [7, 11) is 0. The molecule has 3 aliphatic rings. The van der Waals surface area contributed by atoms with Crippen LogP contribution in [0.4, 0.5) is 5.69 Å². The maximum atomic E-state index is 2.60. The predicted octanol–water partition coefficient (Wildman–Crippen LogP) is 12.0. The Kier molecular flexibility index (Phi) is 17.4. The highest BCUT2D eigenvalue weighted by atomic mass is 15.3. The Morgan fingerprint density at radius 3 is 1.28 bits per heavy atom. The maximum Gasteiger partial charge on any atom is 0.0367 e. The van der Waals surface area contributed by atoms with E-state index in [0.29, 0.717) is 35.9 Å². The highest BCUT2D eigenvalue weighted by Gasteiger charge is 2.22. The zero-order valence-electron chi connectivity index (χ0n) is 36.6. The summed E-state index contributed by atoms with van der Waals surface area (Å²) in [5, 5.41) is 0. The van der Waals surface area contributed by atoms with E-state index in [-0.39, 0.29) is 0 Å². The van der Waals surface area contributed by atoms with Crippen LogP contribution in [0.25, 0.3) is 5.57 Å². The van der Waals surface area contributed by atoms with Gasteiger partial charge in [0.15, 0.2) is 0 Å². The summed E-state index contributed by atoms with van der Waals surface area (Å²) in [5.74, 6) is 2.66. The number of benzene rings is 3. The molecule has 0 amide bonds. The van der Waals surface area contributed by atoms with Gasteiger partial charge in [-0.25, -0.2) is 0 Å². The maximum absolute atomic E-state index is 2.60. The molecule has 0 unspecified atom stereocenters. The van der Waals surface area contributed by atoms with Gasteiger partial charge in [-0.15, -0.1) is 0 Å². The summed E-state index contributed by atoms with van der Waals surface area (Å²) in [6.45, 7) is 36.7. The number of piperazine rings is 1. The molecule has 0 aliphatic carbocycles. The van der Waals surface area contributed by atoms with Crippen molar-refractivity contribution in [2.45, 2.75) is 144 Å². The van der Waals surface area contributed by atoms with Crippen LogP contribution in [0, 0.1) is 0 Å². The van der Waals surface area contributed by atoms with Gasteiger partial charge in [0.25, 0.3) is 0 Å². The van der Waals surface area contributed by atoms with E-state index in [1.54, 1.807) is 5.56 Å². The largest absolute Gasteiger partial charge is 0.369 e. The number of anilines is 1. The Balaban J connectivity index is 0.000000180. The molecule has 0 radical (unpaired) electrons. The van der Waals surface area contributed by atoms with E-state index >= 15 is 0 Å². The highest BCUT2D eigenvalue weighted by Crippen LogP contribution is 2.30. The molecule has 4 heteroatoms. The molecule has 3 aliphatic heterocycles. The summed E-state index contributed by atoms with van der Waals surface area (Å²) < 4.78 is 0. The molecule has 2 saturated heterocycles. The topological polar surface area (TPSA) is 13.0 Å². The molecule has 0 atom stereocenters. The molecule has 3 aromatic carbocycles. The second-order valence-corrected chi connectivity index (χ2v) is 17.9. The highest BCUT2D eigenvalue weighted by molar-refractivity contribution is 5.66. The van der Waals surface area contributed by atoms with Crippen LogP contribution >= 0.6 is 0 Å². The first-order valence-corrected chi connectivity index (χ1v) is 21.7. The van der Waals surface area contributed by atoms with Gasteiger partial charge in [0.2, 0.25) is 0 Å². The zero-order chi connectivity index (χ0) is 39.4. The zero-order valence-corrected chi connectivity index (χ0v) is 36.6. The van der Waals surface area contributed by atoms with Crippen LogP contribution in [0.15, 0.2) is 78.9 Å². The summed E-state index contributed by atoms with van der Waals surface area (Å²) in [6.07, 6.45) is 6.21. The first kappa shape index (κ1) is 43.8. The van der Waals surface area contributed by atoms with E-state index in [9.17, 15) is 0 Å². The molecule has 0 N–H and O–H groups in total. The SMILES string of the molecule is CC(C)c1ccc(C2=CCN(C(C)C)CC2)cc1.CC(C)c1ccc(C2CCN(C(C)C)CC2)cc1.CC(C)c1ccc(N2CCN(C(C)C)CC2)cc1. The fourth-order valence-corrected chi connectivity index (χ4v) is 7.97. The van der Waals surface area contributed by atoms with Crippen LogP contribution in [0.3, 0.4) is 0 Å². The lowest BCUT2D eigenvalue weighted by Gasteiger charge is -2.38. The van der Waals surface area contributed by atoms with Crippen molar-refractivity contribution in [3.8, 4) is 0 Å². The first-order chi connectivity index (χ1) is 25.7. The van der Waals surface area contributed by atoms with Crippen LogP contribution in [-0.4, -0.2) is 85.2 Å². The molecule has 54 heavy (non-hydrogen) atoms. The smallest absolute Gasteiger partial charge is 0.0367 e. The molecular weight excluding hydrogens is 657 g/mol. The van der Waals surface area contributed by atoms with Crippen LogP contribution in [0.2, 0.25) is 0 Å². The summed E-state index contributed by atoms with van der Waals surface area (Å²) in [4.78, 5) is 10.2.